The minimum atomic E-state index is -4.65. The molecule has 0 spiro atoms. The molecule has 0 aliphatic heterocycles. The zero-order valence-electron chi connectivity index (χ0n) is 13.7. The van der Waals surface area contributed by atoms with Crippen LogP contribution >= 0.6 is 0 Å². The minimum absolute atomic E-state index is 0.106. The van der Waals surface area contributed by atoms with E-state index in [-0.39, 0.29) is 23.6 Å². The highest BCUT2D eigenvalue weighted by Crippen LogP contribution is 2.26. The van der Waals surface area contributed by atoms with Crippen molar-refractivity contribution in [1.82, 2.24) is 4.40 Å². The molecule has 0 saturated carbocycles. The predicted molar refractivity (Wildman–Crippen MR) is 85.9 cm³/mol. The average Bonchev–Trinajstić information content (AvgIpc) is 2.63. The number of rotatable bonds is 4. The van der Waals surface area contributed by atoms with Gasteiger partial charge in [-0.2, -0.15) is 22.8 Å². The van der Waals surface area contributed by atoms with Crippen molar-refractivity contribution < 1.29 is 27.6 Å². The summed E-state index contributed by atoms with van der Waals surface area (Å²) >= 11 is 0. The van der Waals surface area contributed by atoms with Gasteiger partial charge < -0.3 is 9.84 Å². The fourth-order valence-corrected chi connectivity index (χ4v) is 2.71. The van der Waals surface area contributed by atoms with Crippen molar-refractivity contribution in [3.8, 4) is 28.8 Å². The van der Waals surface area contributed by atoms with Crippen LogP contribution in [0.2, 0.25) is 0 Å². The molecule has 0 N–H and O–H groups in total. The van der Waals surface area contributed by atoms with Crippen molar-refractivity contribution in [2.75, 3.05) is 6.61 Å². The first-order valence-corrected chi connectivity index (χ1v) is 7.73. The number of pyridine rings is 1. The van der Waals surface area contributed by atoms with Crippen molar-refractivity contribution in [3.63, 3.8) is 0 Å². The van der Waals surface area contributed by atoms with Crippen LogP contribution in [-0.2, 0) is 6.54 Å². The van der Waals surface area contributed by atoms with Crippen LogP contribution < -0.4 is 20.0 Å². The van der Waals surface area contributed by atoms with E-state index >= 15 is 0 Å². The first kappa shape index (κ1) is 18.3. The first-order chi connectivity index (χ1) is 12.8. The maximum absolute atomic E-state index is 13.0. The molecule has 0 aliphatic rings. The molecule has 2 aromatic heterocycles. The minimum Gasteiger partial charge on any atom is -0.842 e. The normalized spacial score (nSPS) is 11.3. The fourth-order valence-electron chi connectivity index (χ4n) is 2.71. The van der Waals surface area contributed by atoms with Gasteiger partial charge in [0.2, 0.25) is 0 Å². The lowest BCUT2D eigenvalue weighted by atomic mass is 10.1. The SMILES string of the molecule is N#CCOc1cccc(-c2c([O-])[n+](CC(F)(F)F)c3ccccn3c2=O)c1. The number of nitrogens with zero attached hydrogens (tertiary/aromatic N) is 3. The van der Waals surface area contributed by atoms with Crippen LogP contribution in [0.3, 0.4) is 0 Å². The van der Waals surface area contributed by atoms with Gasteiger partial charge in [0.05, 0.1) is 12.1 Å². The lowest BCUT2D eigenvalue weighted by Gasteiger charge is -2.18. The monoisotopic (exact) mass is 375 g/mol. The lowest BCUT2D eigenvalue weighted by Crippen LogP contribution is -2.48. The molecule has 0 bridgehead atoms. The molecule has 3 rings (SSSR count). The van der Waals surface area contributed by atoms with E-state index in [4.69, 9.17) is 10.00 Å². The highest BCUT2D eigenvalue weighted by Gasteiger charge is 2.33. The third-order valence-electron chi connectivity index (χ3n) is 3.77. The Bertz CT molecular complexity index is 1100. The van der Waals surface area contributed by atoms with Gasteiger partial charge in [0.15, 0.2) is 13.2 Å². The molecule has 9 heteroatoms. The summed E-state index contributed by atoms with van der Waals surface area (Å²) in [6.45, 7) is -1.78. The van der Waals surface area contributed by atoms with Crippen LogP contribution in [0.25, 0.3) is 16.8 Å². The number of alkyl halides is 3. The molecule has 0 unspecified atom stereocenters. The summed E-state index contributed by atoms with van der Waals surface area (Å²) in [6.07, 6.45) is -3.35. The van der Waals surface area contributed by atoms with E-state index in [1.54, 1.807) is 6.07 Å². The van der Waals surface area contributed by atoms with Crippen LogP contribution in [0.1, 0.15) is 0 Å². The molecule has 6 nitrogen and oxygen atoms in total. The number of nitriles is 1. The second-order valence-electron chi connectivity index (χ2n) is 5.59. The Balaban J connectivity index is 2.28. The first-order valence-electron chi connectivity index (χ1n) is 7.73. The largest absolute Gasteiger partial charge is 0.842 e. The molecule has 2 heterocycles. The molecular weight excluding hydrogens is 363 g/mol. The lowest BCUT2D eigenvalue weighted by molar-refractivity contribution is -0.734. The summed E-state index contributed by atoms with van der Waals surface area (Å²) in [6, 6.07) is 11.7. The summed E-state index contributed by atoms with van der Waals surface area (Å²) in [7, 11) is 0. The Morgan fingerprint density at radius 2 is 2.00 bits per heavy atom. The molecule has 0 fully saturated rings. The van der Waals surface area contributed by atoms with Gasteiger partial charge in [-0.25, -0.2) is 9.36 Å². The quantitative estimate of drug-likeness (QED) is 0.651. The summed E-state index contributed by atoms with van der Waals surface area (Å²) in [4.78, 5) is 12.8. The maximum atomic E-state index is 13.0. The molecule has 1 aromatic carbocycles. The van der Waals surface area contributed by atoms with Gasteiger partial charge in [-0.1, -0.05) is 18.2 Å². The smallest absolute Gasteiger partial charge is 0.426 e. The summed E-state index contributed by atoms with van der Waals surface area (Å²) in [5.74, 6) is -0.839. The molecule has 0 saturated heterocycles. The highest BCUT2D eigenvalue weighted by atomic mass is 19.4. The number of aromatic nitrogens is 2. The second kappa shape index (κ2) is 6.99. The standard InChI is InChI=1S/C18H12F3N3O3/c19-18(20,21)11-24-14-6-1-2-8-23(14)16(25)15(17(24)26)12-4-3-5-13(10-12)27-9-7-22/h1-6,8,10H,9,11H2. The summed E-state index contributed by atoms with van der Waals surface area (Å²) in [5, 5.41) is 21.3. The van der Waals surface area contributed by atoms with Gasteiger partial charge in [-0.15, -0.1) is 0 Å². The number of halogens is 3. The number of fused-ring (bicyclic) bond motifs is 1. The van der Waals surface area contributed by atoms with Crippen molar-refractivity contribution in [1.29, 1.82) is 5.26 Å². The molecule has 27 heavy (non-hydrogen) atoms. The number of hydrogen-bond acceptors (Lipinski definition) is 4. The van der Waals surface area contributed by atoms with Crippen LogP contribution in [-0.4, -0.2) is 17.2 Å². The topological polar surface area (TPSA) is 81.4 Å². The Hall–Kier alpha value is -3.54. The summed E-state index contributed by atoms with van der Waals surface area (Å²) in [5.41, 5.74) is -1.21. The molecule has 138 valence electrons. The summed E-state index contributed by atoms with van der Waals surface area (Å²) < 4.78 is 45.6. The van der Waals surface area contributed by atoms with Crippen LogP contribution in [0.15, 0.2) is 53.5 Å². The van der Waals surface area contributed by atoms with Crippen molar-refractivity contribution >= 4 is 5.65 Å². The van der Waals surface area contributed by atoms with Gasteiger partial charge >= 0.3 is 11.7 Å². The molecule has 3 aromatic rings. The molecular formula is C18H12F3N3O3. The zero-order chi connectivity index (χ0) is 19.6. The van der Waals surface area contributed by atoms with E-state index in [0.29, 0.717) is 4.57 Å². The molecule has 0 amide bonds. The van der Waals surface area contributed by atoms with Gasteiger partial charge in [-0.3, -0.25) is 0 Å². The van der Waals surface area contributed by atoms with E-state index in [1.165, 1.54) is 48.7 Å². The van der Waals surface area contributed by atoms with Gasteiger partial charge in [0.1, 0.15) is 17.4 Å². The third-order valence-corrected chi connectivity index (χ3v) is 3.77. The van der Waals surface area contributed by atoms with Gasteiger partial charge in [0, 0.05) is 6.07 Å². The van der Waals surface area contributed by atoms with Crippen molar-refractivity contribution in [2.24, 2.45) is 0 Å². The third kappa shape index (κ3) is 3.69. The van der Waals surface area contributed by atoms with Crippen LogP contribution in [0.4, 0.5) is 13.2 Å². The van der Waals surface area contributed by atoms with E-state index in [0.717, 1.165) is 4.40 Å². The maximum Gasteiger partial charge on any atom is 0.426 e. The van der Waals surface area contributed by atoms with E-state index in [1.807, 2.05) is 0 Å². The Morgan fingerprint density at radius 1 is 1.22 bits per heavy atom. The van der Waals surface area contributed by atoms with E-state index in [9.17, 15) is 23.1 Å². The predicted octanol–water partition coefficient (Wildman–Crippen LogP) is 1.79. The number of ether oxygens (including phenoxy) is 1. The van der Waals surface area contributed by atoms with Crippen LogP contribution in [0, 0.1) is 11.3 Å². The van der Waals surface area contributed by atoms with Crippen molar-refractivity contribution in [2.45, 2.75) is 12.7 Å². The molecule has 0 aliphatic carbocycles. The fraction of sp³-hybridized carbons (Fsp3) is 0.167. The van der Waals surface area contributed by atoms with Crippen LogP contribution in [0.5, 0.6) is 11.6 Å². The highest BCUT2D eigenvalue weighted by molar-refractivity contribution is 5.68. The number of benzene rings is 1. The molecule has 0 radical (unpaired) electrons. The Kier molecular flexibility index (Phi) is 4.73. The Labute approximate surface area is 150 Å². The van der Waals surface area contributed by atoms with E-state index in [2.05, 4.69) is 0 Å². The van der Waals surface area contributed by atoms with Crippen molar-refractivity contribution in [3.05, 3.63) is 59.0 Å². The Morgan fingerprint density at radius 3 is 2.70 bits per heavy atom. The molecule has 0 atom stereocenters. The number of hydrogen-bond donors (Lipinski definition) is 0. The average molecular weight is 375 g/mol. The van der Waals surface area contributed by atoms with E-state index < -0.39 is 29.7 Å². The second-order valence-corrected chi connectivity index (χ2v) is 5.59. The van der Waals surface area contributed by atoms with Gasteiger partial charge in [-0.05, 0) is 23.8 Å². The zero-order valence-corrected chi connectivity index (χ0v) is 13.7. The van der Waals surface area contributed by atoms with Gasteiger partial charge in [0.25, 0.3) is 5.65 Å².